The number of ether oxygens (including phenoxy) is 1. The Labute approximate surface area is 107 Å². The molecule has 1 atom stereocenters. The van der Waals surface area contributed by atoms with E-state index in [2.05, 4.69) is 15.0 Å². The number of carbonyl (C=O) groups excluding carboxylic acids is 2. The number of carboxylic acids is 1. The minimum absolute atomic E-state index is 0.0794. The highest BCUT2D eigenvalue weighted by Crippen LogP contribution is 1.99. The van der Waals surface area contributed by atoms with E-state index >= 15 is 0 Å². The number of nitrogens with one attached hydrogen (secondary N) is 2. The molecule has 0 aliphatic heterocycles. The Kier molecular flexibility index (Phi) is 4.81. The molecule has 0 saturated heterocycles. The summed E-state index contributed by atoms with van der Waals surface area (Å²) in [5, 5.41) is 11.0. The first-order valence-electron chi connectivity index (χ1n) is 5.23. The Bertz CT molecular complexity index is 530. The van der Waals surface area contributed by atoms with Crippen molar-refractivity contribution in [2.45, 2.75) is 12.5 Å². The highest BCUT2D eigenvalue weighted by Gasteiger charge is 2.24. The summed E-state index contributed by atoms with van der Waals surface area (Å²) in [6.45, 7) is 0. The molecule has 0 spiro atoms. The number of esters is 1. The standard InChI is InChI=1S/C11H12N2O6/c1-19-9(15)4-7(11(17)18)13-10(16)6-2-3-8(14)12-5-6/h2-3,5,7H,4H2,1H3,(H,12,14)(H,13,16)(H,17,18)/t7-/m0/s1. The molecule has 0 unspecified atom stereocenters. The van der Waals surface area contributed by atoms with Gasteiger partial charge in [-0.15, -0.1) is 0 Å². The lowest BCUT2D eigenvalue weighted by atomic mass is 10.2. The van der Waals surface area contributed by atoms with E-state index in [1.165, 1.54) is 6.07 Å². The van der Waals surface area contributed by atoms with Crippen LogP contribution in [0.2, 0.25) is 0 Å². The Morgan fingerprint density at radius 1 is 1.42 bits per heavy atom. The number of aromatic nitrogens is 1. The van der Waals surface area contributed by atoms with E-state index in [0.29, 0.717) is 0 Å². The maximum absolute atomic E-state index is 11.7. The largest absolute Gasteiger partial charge is 0.480 e. The van der Waals surface area contributed by atoms with E-state index < -0.39 is 30.3 Å². The first-order chi connectivity index (χ1) is 8.93. The zero-order valence-electron chi connectivity index (χ0n) is 10.0. The highest BCUT2D eigenvalue weighted by atomic mass is 16.5. The van der Waals surface area contributed by atoms with E-state index in [1.807, 2.05) is 0 Å². The molecule has 0 bridgehead atoms. The maximum Gasteiger partial charge on any atom is 0.326 e. The second-order valence-electron chi connectivity index (χ2n) is 3.59. The first kappa shape index (κ1) is 14.4. The van der Waals surface area contributed by atoms with Gasteiger partial charge in [0.15, 0.2) is 0 Å². The van der Waals surface area contributed by atoms with Crippen LogP contribution >= 0.6 is 0 Å². The second kappa shape index (κ2) is 6.34. The summed E-state index contributed by atoms with van der Waals surface area (Å²) in [6.07, 6.45) is 0.662. The van der Waals surface area contributed by atoms with Crippen molar-refractivity contribution in [2.75, 3.05) is 7.11 Å². The van der Waals surface area contributed by atoms with Crippen molar-refractivity contribution in [1.29, 1.82) is 0 Å². The summed E-state index contributed by atoms with van der Waals surface area (Å²) in [7, 11) is 1.12. The van der Waals surface area contributed by atoms with Gasteiger partial charge in [-0.3, -0.25) is 14.4 Å². The van der Waals surface area contributed by atoms with Crippen LogP contribution in [0.5, 0.6) is 0 Å². The average Bonchev–Trinajstić information content (AvgIpc) is 2.38. The third-order valence-electron chi connectivity index (χ3n) is 2.25. The number of hydrogen-bond donors (Lipinski definition) is 3. The lowest BCUT2D eigenvalue weighted by molar-refractivity contribution is -0.147. The predicted octanol–water partition coefficient (Wildman–Crippen LogP) is -0.879. The number of hydrogen-bond acceptors (Lipinski definition) is 5. The number of aromatic amines is 1. The van der Waals surface area contributed by atoms with Gasteiger partial charge in [0.05, 0.1) is 19.1 Å². The molecule has 3 N–H and O–H groups in total. The van der Waals surface area contributed by atoms with Gasteiger partial charge < -0.3 is 20.1 Å². The third kappa shape index (κ3) is 4.26. The zero-order valence-corrected chi connectivity index (χ0v) is 10.0. The normalized spacial score (nSPS) is 11.4. The third-order valence-corrected chi connectivity index (χ3v) is 2.25. The van der Waals surface area contributed by atoms with Gasteiger partial charge in [0.2, 0.25) is 5.56 Å². The Balaban J connectivity index is 2.76. The molecule has 1 amide bonds. The molecule has 102 valence electrons. The van der Waals surface area contributed by atoms with E-state index in [-0.39, 0.29) is 11.1 Å². The molecule has 0 radical (unpaired) electrons. The first-order valence-corrected chi connectivity index (χ1v) is 5.23. The van der Waals surface area contributed by atoms with Crippen molar-refractivity contribution in [3.63, 3.8) is 0 Å². The van der Waals surface area contributed by atoms with Gasteiger partial charge >= 0.3 is 11.9 Å². The molecular formula is C11H12N2O6. The van der Waals surface area contributed by atoms with Gasteiger partial charge in [0.1, 0.15) is 6.04 Å². The summed E-state index contributed by atoms with van der Waals surface area (Å²) in [6, 6.07) is 0.975. The fourth-order valence-corrected chi connectivity index (χ4v) is 1.24. The summed E-state index contributed by atoms with van der Waals surface area (Å²) >= 11 is 0. The van der Waals surface area contributed by atoms with Crippen molar-refractivity contribution in [3.8, 4) is 0 Å². The van der Waals surface area contributed by atoms with Crippen LogP contribution in [0.4, 0.5) is 0 Å². The average molecular weight is 268 g/mol. The van der Waals surface area contributed by atoms with Crippen LogP contribution in [0, 0.1) is 0 Å². The number of carboxylic acid groups (broad SMARTS) is 1. The van der Waals surface area contributed by atoms with Crippen LogP contribution in [-0.2, 0) is 14.3 Å². The van der Waals surface area contributed by atoms with Crippen LogP contribution in [0.3, 0.4) is 0 Å². The molecule has 19 heavy (non-hydrogen) atoms. The summed E-state index contributed by atoms with van der Waals surface area (Å²) in [5.74, 6) is -2.83. The van der Waals surface area contributed by atoms with Crippen molar-refractivity contribution in [1.82, 2.24) is 10.3 Å². The second-order valence-corrected chi connectivity index (χ2v) is 3.59. The summed E-state index contributed by atoms with van der Waals surface area (Å²) in [5.41, 5.74) is -0.309. The van der Waals surface area contributed by atoms with Gasteiger partial charge in [-0.1, -0.05) is 0 Å². The lowest BCUT2D eigenvalue weighted by Gasteiger charge is -2.13. The van der Waals surface area contributed by atoms with Crippen LogP contribution < -0.4 is 10.9 Å². The van der Waals surface area contributed by atoms with E-state index in [0.717, 1.165) is 19.4 Å². The monoisotopic (exact) mass is 268 g/mol. The fourth-order valence-electron chi connectivity index (χ4n) is 1.24. The minimum atomic E-state index is -1.40. The van der Waals surface area contributed by atoms with Gasteiger partial charge in [-0.2, -0.15) is 0 Å². The fraction of sp³-hybridized carbons (Fsp3) is 0.273. The quantitative estimate of drug-likeness (QED) is 0.595. The zero-order chi connectivity index (χ0) is 14.4. The molecular weight excluding hydrogens is 256 g/mol. The molecule has 0 saturated carbocycles. The summed E-state index contributed by atoms with van der Waals surface area (Å²) < 4.78 is 4.33. The van der Waals surface area contributed by atoms with Gasteiger partial charge in [-0.05, 0) is 6.07 Å². The van der Waals surface area contributed by atoms with Gasteiger partial charge in [-0.25, -0.2) is 4.79 Å². The van der Waals surface area contributed by atoms with Crippen LogP contribution in [0.25, 0.3) is 0 Å². The van der Waals surface area contributed by atoms with Crippen molar-refractivity contribution in [3.05, 3.63) is 34.2 Å². The molecule has 8 nitrogen and oxygen atoms in total. The molecule has 0 aliphatic carbocycles. The number of aliphatic carboxylic acids is 1. The molecule has 8 heteroatoms. The van der Waals surface area contributed by atoms with Crippen molar-refractivity contribution < 1.29 is 24.2 Å². The van der Waals surface area contributed by atoms with E-state index in [1.54, 1.807) is 0 Å². The van der Waals surface area contributed by atoms with Gasteiger partial charge in [0, 0.05) is 12.3 Å². The minimum Gasteiger partial charge on any atom is -0.480 e. The number of amides is 1. The Morgan fingerprint density at radius 3 is 2.58 bits per heavy atom. The SMILES string of the molecule is COC(=O)C[C@H](NC(=O)c1ccc(=O)[nH]c1)C(=O)O. The Hall–Kier alpha value is -2.64. The van der Waals surface area contributed by atoms with Crippen molar-refractivity contribution >= 4 is 17.8 Å². The van der Waals surface area contributed by atoms with Crippen LogP contribution in [0.1, 0.15) is 16.8 Å². The molecule has 1 aromatic heterocycles. The number of pyridine rings is 1. The highest BCUT2D eigenvalue weighted by molar-refractivity contribution is 5.97. The predicted molar refractivity (Wildman–Crippen MR) is 62.6 cm³/mol. The van der Waals surface area contributed by atoms with Crippen LogP contribution in [0.15, 0.2) is 23.1 Å². The number of H-pyrrole nitrogens is 1. The number of carbonyl (C=O) groups is 3. The molecule has 1 aromatic rings. The topological polar surface area (TPSA) is 126 Å². The number of methoxy groups -OCH3 is 1. The molecule has 0 fully saturated rings. The van der Waals surface area contributed by atoms with Gasteiger partial charge in [0.25, 0.3) is 5.91 Å². The molecule has 0 aliphatic rings. The van der Waals surface area contributed by atoms with E-state index in [9.17, 15) is 19.2 Å². The maximum atomic E-state index is 11.7. The van der Waals surface area contributed by atoms with Crippen LogP contribution in [-0.4, -0.2) is 41.1 Å². The lowest BCUT2D eigenvalue weighted by Crippen LogP contribution is -2.42. The van der Waals surface area contributed by atoms with Crippen molar-refractivity contribution in [2.24, 2.45) is 0 Å². The molecule has 1 rings (SSSR count). The molecule has 0 aromatic carbocycles. The number of rotatable bonds is 5. The smallest absolute Gasteiger partial charge is 0.326 e. The summed E-state index contributed by atoms with van der Waals surface area (Å²) in [4.78, 5) is 46.7. The molecule has 1 heterocycles. The Morgan fingerprint density at radius 2 is 2.11 bits per heavy atom. The van der Waals surface area contributed by atoms with E-state index in [4.69, 9.17) is 5.11 Å².